The van der Waals surface area contributed by atoms with Crippen LogP contribution in [0.3, 0.4) is 0 Å². The largest absolute Gasteiger partial charge is 0.439 e. The topological polar surface area (TPSA) is 72.3 Å². The summed E-state index contributed by atoms with van der Waals surface area (Å²) in [6.45, 7) is 6.51. The average molecular weight is 408 g/mol. The van der Waals surface area contributed by atoms with Crippen molar-refractivity contribution in [3.63, 3.8) is 0 Å². The number of piperidine rings is 1. The van der Waals surface area contributed by atoms with Crippen LogP contribution in [0.25, 0.3) is 10.9 Å². The summed E-state index contributed by atoms with van der Waals surface area (Å²) in [6.07, 6.45) is 5.34. The van der Waals surface area contributed by atoms with Crippen LogP contribution in [-0.2, 0) is 18.4 Å². The van der Waals surface area contributed by atoms with Gasteiger partial charge in [-0.2, -0.15) is 0 Å². The predicted molar refractivity (Wildman–Crippen MR) is 116 cm³/mol. The van der Waals surface area contributed by atoms with Crippen molar-refractivity contribution in [1.82, 2.24) is 24.8 Å². The van der Waals surface area contributed by atoms with Gasteiger partial charge in [-0.15, -0.1) is 0 Å². The summed E-state index contributed by atoms with van der Waals surface area (Å²) in [5.74, 6) is 1.59. The van der Waals surface area contributed by atoms with Gasteiger partial charge in [-0.05, 0) is 64.0 Å². The molecule has 158 valence electrons. The average Bonchev–Trinajstić information content (AvgIpc) is 3.08. The highest BCUT2D eigenvalue weighted by atomic mass is 16.5. The standard InChI is InChI=1S/C23H29N5O2/c1-16(2)26-23(29)17-7-10-28(11-8-17)14-19-13-22(25-15-24-19)30-20-4-5-21-18(12-20)6-9-27(21)3/h4-6,9,12-13,15-17H,7-8,10-11,14H2,1-3H3,(H,26,29). The fourth-order valence-electron chi connectivity index (χ4n) is 3.95. The molecule has 7 heteroatoms. The molecule has 4 rings (SSSR count). The molecule has 0 atom stereocenters. The summed E-state index contributed by atoms with van der Waals surface area (Å²) in [5.41, 5.74) is 2.09. The molecule has 2 aromatic heterocycles. The number of nitrogens with one attached hydrogen (secondary N) is 1. The van der Waals surface area contributed by atoms with Gasteiger partial charge in [0.05, 0.1) is 5.69 Å². The summed E-state index contributed by atoms with van der Waals surface area (Å²) in [5, 5.41) is 4.16. The Kier molecular flexibility index (Phi) is 5.99. The Balaban J connectivity index is 1.35. The molecular weight excluding hydrogens is 378 g/mol. The monoisotopic (exact) mass is 407 g/mol. The normalized spacial score (nSPS) is 15.6. The van der Waals surface area contributed by atoms with Crippen LogP contribution in [0, 0.1) is 5.92 Å². The zero-order valence-electron chi connectivity index (χ0n) is 17.8. The van der Waals surface area contributed by atoms with Crippen molar-refractivity contribution in [3.05, 3.63) is 48.5 Å². The number of carbonyl (C=O) groups excluding carboxylic acids is 1. The molecule has 0 spiro atoms. The van der Waals surface area contributed by atoms with Gasteiger partial charge in [-0.3, -0.25) is 9.69 Å². The SMILES string of the molecule is CC(C)NC(=O)C1CCN(Cc2cc(Oc3ccc4c(ccn4C)c3)ncn2)CC1. The van der Waals surface area contributed by atoms with E-state index in [4.69, 9.17) is 4.74 Å². The van der Waals surface area contributed by atoms with E-state index in [0.29, 0.717) is 5.88 Å². The number of rotatable bonds is 6. The highest BCUT2D eigenvalue weighted by Gasteiger charge is 2.25. The molecule has 0 radical (unpaired) electrons. The molecule has 1 N–H and O–H groups in total. The Morgan fingerprint density at radius 3 is 2.77 bits per heavy atom. The van der Waals surface area contributed by atoms with Gasteiger partial charge in [0.2, 0.25) is 11.8 Å². The molecule has 1 saturated heterocycles. The van der Waals surface area contributed by atoms with Crippen LogP contribution in [0.4, 0.5) is 0 Å². The number of benzene rings is 1. The van der Waals surface area contributed by atoms with Gasteiger partial charge in [0.15, 0.2) is 0 Å². The molecule has 3 heterocycles. The summed E-state index contributed by atoms with van der Waals surface area (Å²) in [7, 11) is 2.03. The smallest absolute Gasteiger partial charge is 0.223 e. The highest BCUT2D eigenvalue weighted by Crippen LogP contribution is 2.26. The number of aromatic nitrogens is 3. The van der Waals surface area contributed by atoms with Crippen LogP contribution >= 0.6 is 0 Å². The summed E-state index contributed by atoms with van der Waals surface area (Å²) in [6, 6.07) is 10.2. The van der Waals surface area contributed by atoms with E-state index in [2.05, 4.69) is 30.8 Å². The number of hydrogen-bond donors (Lipinski definition) is 1. The van der Waals surface area contributed by atoms with Crippen LogP contribution in [0.1, 0.15) is 32.4 Å². The minimum Gasteiger partial charge on any atom is -0.439 e. The van der Waals surface area contributed by atoms with Crippen LogP contribution in [0.5, 0.6) is 11.6 Å². The number of carbonyl (C=O) groups is 1. The first kappa shape index (κ1) is 20.3. The Morgan fingerprint density at radius 2 is 2.00 bits per heavy atom. The third-order valence-corrected chi connectivity index (χ3v) is 5.55. The maximum atomic E-state index is 12.2. The molecule has 1 aliphatic heterocycles. The predicted octanol–water partition coefficient (Wildman–Crippen LogP) is 3.50. The molecule has 0 unspecified atom stereocenters. The number of amides is 1. The lowest BCUT2D eigenvalue weighted by molar-refractivity contribution is -0.127. The lowest BCUT2D eigenvalue weighted by atomic mass is 9.95. The molecular formula is C23H29N5O2. The number of fused-ring (bicyclic) bond motifs is 1. The van der Waals surface area contributed by atoms with Crippen molar-refractivity contribution in [2.24, 2.45) is 13.0 Å². The molecule has 0 bridgehead atoms. The fourth-order valence-corrected chi connectivity index (χ4v) is 3.95. The first-order valence-corrected chi connectivity index (χ1v) is 10.5. The first-order chi connectivity index (χ1) is 14.5. The van der Waals surface area contributed by atoms with E-state index in [0.717, 1.165) is 54.8 Å². The van der Waals surface area contributed by atoms with Gasteiger partial charge in [0.1, 0.15) is 12.1 Å². The Bertz CT molecular complexity index is 1020. The van der Waals surface area contributed by atoms with Gasteiger partial charge in [0.25, 0.3) is 0 Å². The van der Waals surface area contributed by atoms with Crippen LogP contribution in [-0.4, -0.2) is 44.5 Å². The Hall–Kier alpha value is -2.93. The molecule has 3 aromatic rings. The molecule has 1 aliphatic rings. The van der Waals surface area contributed by atoms with Crippen molar-refractivity contribution in [3.8, 4) is 11.6 Å². The third kappa shape index (κ3) is 4.79. The molecule has 0 aliphatic carbocycles. The quantitative estimate of drug-likeness (QED) is 0.677. The fraction of sp³-hybridized carbons (Fsp3) is 0.435. The molecule has 7 nitrogen and oxygen atoms in total. The van der Waals surface area contributed by atoms with E-state index >= 15 is 0 Å². The maximum Gasteiger partial charge on any atom is 0.223 e. The second-order valence-corrected chi connectivity index (χ2v) is 8.31. The summed E-state index contributed by atoms with van der Waals surface area (Å²) in [4.78, 5) is 23.2. The third-order valence-electron chi connectivity index (χ3n) is 5.55. The van der Waals surface area contributed by atoms with Crippen molar-refractivity contribution in [1.29, 1.82) is 0 Å². The Labute approximate surface area is 177 Å². The molecule has 1 aromatic carbocycles. The molecule has 1 amide bonds. The molecule has 1 fully saturated rings. The van der Waals surface area contributed by atoms with Gasteiger partial charge in [0, 0.05) is 48.7 Å². The van der Waals surface area contributed by atoms with Crippen LogP contribution in [0.15, 0.2) is 42.9 Å². The second-order valence-electron chi connectivity index (χ2n) is 8.31. The van der Waals surface area contributed by atoms with E-state index < -0.39 is 0 Å². The number of aryl methyl sites for hydroxylation is 1. The lowest BCUT2D eigenvalue weighted by Gasteiger charge is -2.31. The van der Waals surface area contributed by atoms with Crippen molar-refractivity contribution < 1.29 is 9.53 Å². The molecule has 30 heavy (non-hydrogen) atoms. The minimum atomic E-state index is 0.112. The van der Waals surface area contributed by atoms with E-state index in [-0.39, 0.29) is 17.9 Å². The highest BCUT2D eigenvalue weighted by molar-refractivity contribution is 5.81. The maximum absolute atomic E-state index is 12.2. The van der Waals surface area contributed by atoms with E-state index in [1.165, 1.54) is 0 Å². The Morgan fingerprint density at radius 1 is 1.20 bits per heavy atom. The van der Waals surface area contributed by atoms with Gasteiger partial charge in [-0.25, -0.2) is 9.97 Å². The summed E-state index contributed by atoms with van der Waals surface area (Å²) >= 11 is 0. The number of hydrogen-bond acceptors (Lipinski definition) is 5. The zero-order valence-corrected chi connectivity index (χ0v) is 17.8. The van der Waals surface area contributed by atoms with Gasteiger partial charge < -0.3 is 14.6 Å². The first-order valence-electron chi connectivity index (χ1n) is 10.5. The number of ether oxygens (including phenoxy) is 1. The van der Waals surface area contributed by atoms with E-state index in [1.807, 2.05) is 51.4 Å². The number of likely N-dealkylation sites (tertiary alicyclic amines) is 1. The van der Waals surface area contributed by atoms with Gasteiger partial charge >= 0.3 is 0 Å². The van der Waals surface area contributed by atoms with Gasteiger partial charge in [-0.1, -0.05) is 0 Å². The zero-order chi connectivity index (χ0) is 21.1. The van der Waals surface area contributed by atoms with Crippen LogP contribution in [0.2, 0.25) is 0 Å². The van der Waals surface area contributed by atoms with Crippen molar-refractivity contribution in [2.45, 2.75) is 39.3 Å². The van der Waals surface area contributed by atoms with Crippen molar-refractivity contribution >= 4 is 16.8 Å². The number of nitrogens with zero attached hydrogens (tertiary/aromatic N) is 4. The van der Waals surface area contributed by atoms with Crippen LogP contribution < -0.4 is 10.1 Å². The summed E-state index contributed by atoms with van der Waals surface area (Å²) < 4.78 is 8.06. The second kappa shape index (κ2) is 8.83. The minimum absolute atomic E-state index is 0.112. The molecule has 0 saturated carbocycles. The van der Waals surface area contributed by atoms with E-state index in [9.17, 15) is 4.79 Å². The van der Waals surface area contributed by atoms with E-state index in [1.54, 1.807) is 6.33 Å². The van der Waals surface area contributed by atoms with Crippen molar-refractivity contribution in [2.75, 3.05) is 13.1 Å². The lowest BCUT2D eigenvalue weighted by Crippen LogP contribution is -2.42.